The highest BCUT2D eigenvalue weighted by atomic mass is 32.2. The van der Waals surface area contributed by atoms with E-state index in [0.29, 0.717) is 31.7 Å². The van der Waals surface area contributed by atoms with Crippen LogP contribution < -0.4 is 9.47 Å². The molecule has 1 saturated heterocycles. The van der Waals surface area contributed by atoms with Gasteiger partial charge >= 0.3 is 0 Å². The summed E-state index contributed by atoms with van der Waals surface area (Å²) in [7, 11) is 3.35. The SMILES string of the molecule is CCS[C@@H]1OC(COCc2ccc(OC)cc2)[C@@H](C)[C@H](C)C1OCc1ccc(OC)cc1. The largest absolute Gasteiger partial charge is 0.497 e. The second-order valence-electron chi connectivity index (χ2n) is 8.20. The predicted molar refractivity (Wildman–Crippen MR) is 129 cm³/mol. The van der Waals surface area contributed by atoms with E-state index in [4.69, 9.17) is 23.7 Å². The third kappa shape index (κ3) is 6.64. The van der Waals surface area contributed by atoms with E-state index in [1.807, 2.05) is 60.3 Å². The molecule has 1 fully saturated rings. The Morgan fingerprint density at radius 2 is 1.38 bits per heavy atom. The van der Waals surface area contributed by atoms with Crippen LogP contribution in [0, 0.1) is 11.8 Å². The van der Waals surface area contributed by atoms with Gasteiger partial charge < -0.3 is 23.7 Å². The minimum Gasteiger partial charge on any atom is -0.497 e. The summed E-state index contributed by atoms with van der Waals surface area (Å²) in [5.41, 5.74) is 2.26. The van der Waals surface area contributed by atoms with E-state index < -0.39 is 0 Å². The summed E-state index contributed by atoms with van der Waals surface area (Å²) in [5, 5.41) is 0. The van der Waals surface area contributed by atoms with E-state index in [-0.39, 0.29) is 17.6 Å². The quantitative estimate of drug-likeness (QED) is 0.438. The van der Waals surface area contributed by atoms with Crippen LogP contribution in [0.15, 0.2) is 48.5 Å². The molecule has 176 valence electrons. The molecule has 0 aliphatic carbocycles. The van der Waals surface area contributed by atoms with Crippen molar-refractivity contribution in [1.29, 1.82) is 0 Å². The van der Waals surface area contributed by atoms with E-state index in [1.54, 1.807) is 14.2 Å². The zero-order valence-electron chi connectivity index (χ0n) is 19.8. The van der Waals surface area contributed by atoms with Crippen molar-refractivity contribution in [2.45, 2.75) is 51.6 Å². The molecular weight excluding hydrogens is 424 g/mol. The molecule has 1 aliphatic rings. The number of ether oxygens (including phenoxy) is 5. The minimum absolute atomic E-state index is 0.000894. The van der Waals surface area contributed by atoms with Gasteiger partial charge in [-0.05, 0) is 53.0 Å². The van der Waals surface area contributed by atoms with E-state index in [0.717, 1.165) is 28.4 Å². The Kier molecular flexibility index (Phi) is 9.72. The van der Waals surface area contributed by atoms with Gasteiger partial charge in [0, 0.05) is 0 Å². The molecule has 2 aromatic carbocycles. The molecule has 5 atom stereocenters. The van der Waals surface area contributed by atoms with E-state index in [1.165, 1.54) is 0 Å². The fraction of sp³-hybridized carbons (Fsp3) is 0.538. The number of methoxy groups -OCH3 is 2. The second kappa shape index (κ2) is 12.5. The number of hydrogen-bond acceptors (Lipinski definition) is 6. The molecule has 0 amide bonds. The number of benzene rings is 2. The molecule has 2 unspecified atom stereocenters. The van der Waals surface area contributed by atoms with Gasteiger partial charge in [-0.25, -0.2) is 0 Å². The van der Waals surface area contributed by atoms with Crippen molar-refractivity contribution in [2.75, 3.05) is 26.6 Å². The lowest BCUT2D eigenvalue weighted by atomic mass is 9.84. The fourth-order valence-electron chi connectivity index (χ4n) is 3.91. The molecule has 2 aromatic rings. The summed E-state index contributed by atoms with van der Waals surface area (Å²) in [6.45, 7) is 8.37. The first-order valence-electron chi connectivity index (χ1n) is 11.3. The van der Waals surface area contributed by atoms with Crippen molar-refractivity contribution < 1.29 is 23.7 Å². The summed E-state index contributed by atoms with van der Waals surface area (Å²) < 4.78 is 29.4. The first-order chi connectivity index (χ1) is 15.5. The van der Waals surface area contributed by atoms with Crippen molar-refractivity contribution in [3.8, 4) is 11.5 Å². The van der Waals surface area contributed by atoms with Gasteiger partial charge in [-0.2, -0.15) is 0 Å². The molecule has 0 radical (unpaired) electrons. The van der Waals surface area contributed by atoms with Crippen LogP contribution in [0.3, 0.4) is 0 Å². The molecule has 0 aromatic heterocycles. The topological polar surface area (TPSA) is 46.2 Å². The summed E-state index contributed by atoms with van der Waals surface area (Å²) in [5.74, 6) is 3.38. The summed E-state index contributed by atoms with van der Waals surface area (Å²) in [4.78, 5) is 0. The van der Waals surface area contributed by atoms with Crippen molar-refractivity contribution in [3.63, 3.8) is 0 Å². The third-order valence-electron chi connectivity index (χ3n) is 6.15. The van der Waals surface area contributed by atoms with Crippen LogP contribution in [0.4, 0.5) is 0 Å². The van der Waals surface area contributed by atoms with E-state index in [9.17, 15) is 0 Å². The van der Waals surface area contributed by atoms with Gasteiger partial charge in [-0.3, -0.25) is 0 Å². The highest BCUT2D eigenvalue weighted by Gasteiger charge is 2.42. The molecular formula is C26H36O5S. The molecule has 0 N–H and O–H groups in total. The van der Waals surface area contributed by atoms with Gasteiger partial charge in [0.15, 0.2) is 0 Å². The minimum atomic E-state index is -0.000894. The summed E-state index contributed by atoms with van der Waals surface area (Å²) in [6, 6.07) is 16.0. The molecule has 6 heteroatoms. The Morgan fingerprint density at radius 1 is 0.812 bits per heavy atom. The number of rotatable bonds is 11. The lowest BCUT2D eigenvalue weighted by molar-refractivity contribution is -0.174. The van der Waals surface area contributed by atoms with Gasteiger partial charge in [0.1, 0.15) is 16.9 Å². The van der Waals surface area contributed by atoms with Crippen molar-refractivity contribution in [2.24, 2.45) is 11.8 Å². The fourth-order valence-corrected chi connectivity index (χ4v) is 4.97. The van der Waals surface area contributed by atoms with Gasteiger partial charge in [-0.15, -0.1) is 11.8 Å². The van der Waals surface area contributed by atoms with Gasteiger partial charge in [-0.1, -0.05) is 45.0 Å². The van der Waals surface area contributed by atoms with Gasteiger partial charge in [0.05, 0.1) is 46.2 Å². The maximum absolute atomic E-state index is 6.49. The maximum Gasteiger partial charge on any atom is 0.130 e. The molecule has 1 aliphatic heterocycles. The smallest absolute Gasteiger partial charge is 0.130 e. The van der Waals surface area contributed by atoms with Gasteiger partial charge in [0.25, 0.3) is 0 Å². The lowest BCUT2D eigenvalue weighted by Crippen LogP contribution is -2.50. The van der Waals surface area contributed by atoms with Crippen LogP contribution in [-0.4, -0.2) is 44.2 Å². The first kappa shape index (κ1) is 24.9. The standard InChI is InChI=1S/C26H36O5S/c1-6-32-26-25(30-16-21-9-13-23(28-5)14-10-21)19(3)18(2)24(31-26)17-29-15-20-7-11-22(27-4)12-8-20/h7-14,18-19,24-26H,6,15-17H2,1-5H3/t18-,19-,24?,25?,26-/m0/s1. The zero-order chi connectivity index (χ0) is 22.9. The molecule has 0 bridgehead atoms. The average molecular weight is 461 g/mol. The maximum atomic E-state index is 6.49. The van der Waals surface area contributed by atoms with Crippen LogP contribution in [-0.2, 0) is 27.4 Å². The Bertz CT molecular complexity index is 793. The molecule has 0 saturated carbocycles. The molecule has 5 nitrogen and oxygen atoms in total. The van der Waals surface area contributed by atoms with E-state index >= 15 is 0 Å². The monoisotopic (exact) mass is 460 g/mol. The summed E-state index contributed by atoms with van der Waals surface area (Å²) >= 11 is 1.81. The Morgan fingerprint density at radius 3 is 1.91 bits per heavy atom. The highest BCUT2D eigenvalue weighted by molar-refractivity contribution is 7.99. The van der Waals surface area contributed by atoms with Crippen LogP contribution in [0.5, 0.6) is 11.5 Å². The summed E-state index contributed by atoms with van der Waals surface area (Å²) in [6.07, 6.45) is 0.0861. The van der Waals surface area contributed by atoms with E-state index in [2.05, 4.69) is 20.8 Å². The Hall–Kier alpha value is -1.73. The second-order valence-corrected chi connectivity index (χ2v) is 9.58. The Labute approximate surface area is 196 Å². The molecule has 32 heavy (non-hydrogen) atoms. The third-order valence-corrected chi connectivity index (χ3v) is 7.19. The van der Waals surface area contributed by atoms with Crippen LogP contribution in [0.25, 0.3) is 0 Å². The normalized spacial score (nSPS) is 25.5. The van der Waals surface area contributed by atoms with Crippen LogP contribution in [0.2, 0.25) is 0 Å². The first-order valence-corrected chi connectivity index (χ1v) is 12.3. The average Bonchev–Trinajstić information content (AvgIpc) is 2.83. The van der Waals surface area contributed by atoms with Crippen LogP contribution in [0.1, 0.15) is 31.9 Å². The van der Waals surface area contributed by atoms with Crippen LogP contribution >= 0.6 is 11.8 Å². The lowest BCUT2D eigenvalue weighted by Gasteiger charge is -2.44. The Balaban J connectivity index is 1.55. The van der Waals surface area contributed by atoms with Crippen molar-refractivity contribution >= 4 is 11.8 Å². The van der Waals surface area contributed by atoms with Gasteiger partial charge in [0.2, 0.25) is 0 Å². The molecule has 0 spiro atoms. The number of hydrogen-bond donors (Lipinski definition) is 0. The molecule has 3 rings (SSSR count). The zero-order valence-corrected chi connectivity index (χ0v) is 20.6. The highest BCUT2D eigenvalue weighted by Crippen LogP contribution is 2.38. The predicted octanol–water partition coefficient (Wildman–Crippen LogP) is 5.56. The number of thioether (sulfide) groups is 1. The molecule has 1 heterocycles. The van der Waals surface area contributed by atoms with Crippen molar-refractivity contribution in [1.82, 2.24) is 0 Å². The van der Waals surface area contributed by atoms with Crippen molar-refractivity contribution in [3.05, 3.63) is 59.7 Å².